The molecule has 1 heterocycles. The monoisotopic (exact) mass is 275 g/mol. The molecule has 5 heteroatoms. The van der Waals surface area contributed by atoms with Crippen molar-refractivity contribution in [3.8, 4) is 11.5 Å². The molecule has 2 aromatic rings. The van der Waals surface area contributed by atoms with Gasteiger partial charge in [-0.3, -0.25) is 0 Å². The summed E-state index contributed by atoms with van der Waals surface area (Å²) >= 11 is 17.5. The maximum Gasteiger partial charge on any atom is 0.227 e. The van der Waals surface area contributed by atoms with Crippen LogP contribution in [0, 0.1) is 0 Å². The van der Waals surface area contributed by atoms with Crippen LogP contribution < -0.4 is 0 Å². The second-order valence-electron chi connectivity index (χ2n) is 3.19. The number of hydrogen-bond donors (Lipinski definition) is 0. The highest BCUT2D eigenvalue weighted by Crippen LogP contribution is 2.29. The fourth-order valence-electron chi connectivity index (χ4n) is 1.30. The highest BCUT2D eigenvalue weighted by Gasteiger charge is 2.10. The van der Waals surface area contributed by atoms with Crippen LogP contribution in [0.15, 0.2) is 28.8 Å². The average molecular weight is 277 g/mol. The van der Waals surface area contributed by atoms with E-state index >= 15 is 0 Å². The second kappa shape index (κ2) is 5.09. The lowest BCUT2D eigenvalue weighted by atomic mass is 10.2. The Balaban J connectivity index is 2.35. The molecule has 0 aliphatic heterocycles. The van der Waals surface area contributed by atoms with Gasteiger partial charge in [0.15, 0.2) is 0 Å². The molecule has 0 N–H and O–H groups in total. The summed E-state index contributed by atoms with van der Waals surface area (Å²) in [6.45, 7) is 0. The molecular weight excluding hydrogens is 268 g/mol. The van der Waals surface area contributed by atoms with E-state index in [9.17, 15) is 0 Å². The molecule has 0 saturated carbocycles. The Bertz CT molecular complexity index is 496. The van der Waals surface area contributed by atoms with Crippen LogP contribution in [0.2, 0.25) is 10.0 Å². The van der Waals surface area contributed by atoms with E-state index in [4.69, 9.17) is 39.2 Å². The molecule has 2 nitrogen and oxygen atoms in total. The number of nitrogens with zero attached hydrogens (tertiary/aromatic N) is 1. The molecule has 0 spiro atoms. The topological polar surface area (TPSA) is 26.0 Å². The van der Waals surface area contributed by atoms with Gasteiger partial charge in [-0.05, 0) is 18.2 Å². The van der Waals surface area contributed by atoms with Crippen LogP contribution in [0.5, 0.6) is 0 Å². The summed E-state index contributed by atoms with van der Waals surface area (Å²) < 4.78 is 5.51. The second-order valence-corrected chi connectivity index (χ2v) is 4.42. The van der Waals surface area contributed by atoms with E-state index in [0.717, 1.165) is 11.3 Å². The van der Waals surface area contributed by atoms with E-state index in [-0.39, 0.29) is 0 Å². The van der Waals surface area contributed by atoms with Gasteiger partial charge in [-0.1, -0.05) is 23.2 Å². The Morgan fingerprint density at radius 2 is 2.06 bits per heavy atom. The zero-order valence-corrected chi connectivity index (χ0v) is 10.5. The van der Waals surface area contributed by atoms with Gasteiger partial charge in [0.2, 0.25) is 5.89 Å². The molecule has 0 fully saturated rings. The van der Waals surface area contributed by atoms with Gasteiger partial charge in [-0.25, -0.2) is 4.98 Å². The first kappa shape index (κ1) is 11.8. The van der Waals surface area contributed by atoms with Crippen LogP contribution in [0.1, 0.15) is 5.76 Å². The van der Waals surface area contributed by atoms with E-state index in [2.05, 4.69) is 4.98 Å². The number of alkyl halides is 1. The van der Waals surface area contributed by atoms with Gasteiger partial charge in [-0.15, -0.1) is 11.6 Å². The summed E-state index contributed by atoms with van der Waals surface area (Å²) in [6, 6.07) is 5.18. The van der Waals surface area contributed by atoms with Crippen molar-refractivity contribution >= 4 is 34.8 Å². The van der Waals surface area contributed by atoms with Crippen LogP contribution in [-0.2, 0) is 6.42 Å². The molecule has 2 rings (SSSR count). The first-order valence-electron chi connectivity index (χ1n) is 4.67. The zero-order chi connectivity index (χ0) is 11.5. The Morgan fingerprint density at radius 1 is 1.25 bits per heavy atom. The zero-order valence-electron chi connectivity index (χ0n) is 8.21. The van der Waals surface area contributed by atoms with Crippen molar-refractivity contribution in [1.82, 2.24) is 4.98 Å². The smallest absolute Gasteiger partial charge is 0.227 e. The lowest BCUT2D eigenvalue weighted by Gasteiger charge is -1.99. The Kier molecular flexibility index (Phi) is 3.74. The van der Waals surface area contributed by atoms with Crippen molar-refractivity contribution in [3.05, 3.63) is 40.2 Å². The molecule has 0 aliphatic carbocycles. The maximum absolute atomic E-state index is 6.04. The van der Waals surface area contributed by atoms with Gasteiger partial charge in [0.25, 0.3) is 0 Å². The van der Waals surface area contributed by atoms with Crippen LogP contribution in [0.3, 0.4) is 0 Å². The van der Waals surface area contributed by atoms with Crippen molar-refractivity contribution in [2.45, 2.75) is 6.42 Å². The number of aryl methyl sites for hydroxylation is 1. The third-order valence-electron chi connectivity index (χ3n) is 2.06. The Labute approximate surface area is 108 Å². The molecule has 0 saturated heterocycles. The minimum Gasteiger partial charge on any atom is -0.441 e. The molecule has 0 amide bonds. The molecule has 1 aromatic carbocycles. The Morgan fingerprint density at radius 3 is 2.75 bits per heavy atom. The largest absolute Gasteiger partial charge is 0.441 e. The summed E-state index contributed by atoms with van der Waals surface area (Å²) in [7, 11) is 0. The summed E-state index contributed by atoms with van der Waals surface area (Å²) in [5, 5.41) is 1.10. The third-order valence-corrected chi connectivity index (χ3v) is 2.79. The van der Waals surface area contributed by atoms with Gasteiger partial charge >= 0.3 is 0 Å². The van der Waals surface area contributed by atoms with Crippen molar-refractivity contribution < 1.29 is 4.42 Å². The van der Waals surface area contributed by atoms with E-state index in [1.165, 1.54) is 0 Å². The van der Waals surface area contributed by atoms with E-state index in [1.807, 2.05) is 0 Å². The van der Waals surface area contributed by atoms with Crippen molar-refractivity contribution in [3.63, 3.8) is 0 Å². The SMILES string of the molecule is ClCCc1cnc(-c2ccc(Cl)cc2Cl)o1. The van der Waals surface area contributed by atoms with E-state index in [0.29, 0.717) is 28.2 Å². The summed E-state index contributed by atoms with van der Waals surface area (Å²) in [6.07, 6.45) is 2.31. The molecule has 0 atom stereocenters. The predicted octanol–water partition coefficient (Wildman–Crippen LogP) is 4.43. The average Bonchev–Trinajstić information content (AvgIpc) is 2.67. The van der Waals surface area contributed by atoms with E-state index in [1.54, 1.807) is 24.4 Å². The molecular formula is C11H8Cl3NO. The van der Waals surface area contributed by atoms with Crippen molar-refractivity contribution in [1.29, 1.82) is 0 Å². The minimum atomic E-state index is 0.488. The number of halogens is 3. The lowest BCUT2D eigenvalue weighted by molar-refractivity contribution is 0.525. The fraction of sp³-hybridized carbons (Fsp3) is 0.182. The van der Waals surface area contributed by atoms with Crippen molar-refractivity contribution in [2.24, 2.45) is 0 Å². The normalized spacial score (nSPS) is 10.7. The molecule has 1 aromatic heterocycles. The standard InChI is InChI=1S/C11H8Cl3NO/c12-4-3-8-6-15-11(16-8)9-2-1-7(13)5-10(9)14/h1-2,5-6H,3-4H2. The van der Waals surface area contributed by atoms with Gasteiger partial charge in [0, 0.05) is 17.3 Å². The summed E-state index contributed by atoms with van der Waals surface area (Å²) in [5.41, 5.74) is 0.729. The molecule has 0 aliphatic rings. The lowest BCUT2D eigenvalue weighted by Crippen LogP contribution is -1.80. The van der Waals surface area contributed by atoms with Crippen LogP contribution in [-0.4, -0.2) is 10.9 Å². The minimum absolute atomic E-state index is 0.488. The van der Waals surface area contributed by atoms with Crippen LogP contribution in [0.25, 0.3) is 11.5 Å². The van der Waals surface area contributed by atoms with Crippen LogP contribution in [0.4, 0.5) is 0 Å². The highest BCUT2D eigenvalue weighted by molar-refractivity contribution is 6.36. The molecule has 0 radical (unpaired) electrons. The van der Waals surface area contributed by atoms with Gasteiger partial charge in [-0.2, -0.15) is 0 Å². The quantitative estimate of drug-likeness (QED) is 0.775. The maximum atomic E-state index is 6.04. The number of benzene rings is 1. The highest BCUT2D eigenvalue weighted by atomic mass is 35.5. The third kappa shape index (κ3) is 2.51. The van der Waals surface area contributed by atoms with E-state index < -0.39 is 0 Å². The molecule has 0 unspecified atom stereocenters. The first-order chi connectivity index (χ1) is 7.70. The number of hydrogen-bond acceptors (Lipinski definition) is 2. The summed E-state index contributed by atoms with van der Waals surface area (Å²) in [5.74, 6) is 1.74. The van der Waals surface area contributed by atoms with Gasteiger partial charge in [0.1, 0.15) is 5.76 Å². The van der Waals surface area contributed by atoms with Gasteiger partial charge in [0.05, 0.1) is 16.8 Å². The molecule has 0 bridgehead atoms. The van der Waals surface area contributed by atoms with Crippen LogP contribution >= 0.6 is 34.8 Å². The predicted molar refractivity (Wildman–Crippen MR) is 66.4 cm³/mol. The fourth-order valence-corrected chi connectivity index (χ4v) is 1.98. The number of oxazole rings is 1. The number of aromatic nitrogens is 1. The first-order valence-corrected chi connectivity index (χ1v) is 5.96. The van der Waals surface area contributed by atoms with Gasteiger partial charge < -0.3 is 4.42 Å². The van der Waals surface area contributed by atoms with Crippen molar-refractivity contribution in [2.75, 3.05) is 5.88 Å². The molecule has 16 heavy (non-hydrogen) atoms. The molecule has 84 valence electrons. The Hall–Kier alpha value is -0.700. The number of rotatable bonds is 3. The summed E-state index contributed by atoms with van der Waals surface area (Å²) in [4.78, 5) is 4.14.